The maximum Gasteiger partial charge on any atom is 0.276 e. The van der Waals surface area contributed by atoms with E-state index >= 15 is 0 Å². The minimum atomic E-state index is -1.73. The van der Waals surface area contributed by atoms with Crippen molar-refractivity contribution in [3.8, 4) is 0 Å². The Kier molecular flexibility index (Phi) is 7.45. The van der Waals surface area contributed by atoms with Crippen molar-refractivity contribution in [2.75, 3.05) is 18.5 Å². The second-order valence-corrected chi connectivity index (χ2v) is 15.5. The molecule has 2 aromatic rings. The zero-order chi connectivity index (χ0) is 22.8. The fraction of sp³-hybridized carbons (Fsp3) is 0.565. The Hall–Kier alpha value is -1.48. The molecule has 1 aromatic heterocycles. The number of halogens is 1. The van der Waals surface area contributed by atoms with Gasteiger partial charge in [0, 0.05) is 35.9 Å². The number of aromatic nitrogens is 2. The predicted octanol–water partition coefficient (Wildman–Crippen LogP) is 5.65. The van der Waals surface area contributed by atoms with Crippen LogP contribution in [0.2, 0.25) is 18.1 Å². The molecule has 6 nitrogen and oxygen atoms in total. The first-order valence-corrected chi connectivity index (χ1v) is 14.7. The number of nitrogens with zero attached hydrogens (tertiary/aromatic N) is 2. The minimum absolute atomic E-state index is 0.178. The second-order valence-electron chi connectivity index (χ2n) is 9.80. The molecule has 0 radical (unpaired) electrons. The molecule has 0 unspecified atom stereocenters. The molecule has 170 valence electrons. The molecule has 2 N–H and O–H groups in total. The van der Waals surface area contributed by atoms with Crippen LogP contribution in [-0.2, 0) is 11.0 Å². The monoisotopic (exact) mass is 506 g/mol. The normalized spacial score (nSPS) is 16.8. The molecule has 0 saturated carbocycles. The Morgan fingerprint density at radius 2 is 2.10 bits per heavy atom. The van der Waals surface area contributed by atoms with Crippen LogP contribution in [-0.4, -0.2) is 37.2 Å². The van der Waals surface area contributed by atoms with E-state index in [1.807, 2.05) is 35.9 Å². The van der Waals surface area contributed by atoms with Gasteiger partial charge < -0.3 is 15.1 Å². The Morgan fingerprint density at radius 3 is 2.81 bits per heavy atom. The van der Waals surface area contributed by atoms with Crippen molar-refractivity contribution >= 4 is 35.8 Å². The highest BCUT2D eigenvalue weighted by Gasteiger charge is 2.37. The van der Waals surface area contributed by atoms with Crippen LogP contribution < -0.4 is 10.6 Å². The summed E-state index contributed by atoms with van der Waals surface area (Å²) in [5.41, 5.74) is 3.33. The van der Waals surface area contributed by atoms with Gasteiger partial charge in [-0.05, 0) is 61.7 Å². The van der Waals surface area contributed by atoms with Crippen molar-refractivity contribution in [2.45, 2.75) is 71.3 Å². The maximum absolute atomic E-state index is 12.8. The van der Waals surface area contributed by atoms with Gasteiger partial charge in [-0.15, -0.1) is 0 Å². The largest absolute Gasteiger partial charge is 0.416 e. The van der Waals surface area contributed by atoms with Crippen LogP contribution in [0.15, 0.2) is 28.7 Å². The smallest absolute Gasteiger partial charge is 0.276 e. The number of carbonyl (C=O) groups excluding carboxylic acids is 1. The van der Waals surface area contributed by atoms with Crippen LogP contribution in [0.5, 0.6) is 0 Å². The third-order valence-electron chi connectivity index (χ3n) is 6.54. The molecule has 1 aliphatic heterocycles. The molecule has 3 rings (SSSR count). The first-order chi connectivity index (χ1) is 14.5. The van der Waals surface area contributed by atoms with E-state index in [0.29, 0.717) is 12.3 Å². The molecule has 31 heavy (non-hydrogen) atoms. The number of hydrogen-bond donors (Lipinski definition) is 2. The standard InChI is InChI=1S/C23H35BrN4O2Si/c1-16-17(24)9-7-10-18(16)26-22(29)20-15-21-19(11-8-13-28(21)27-20)25-12-14-30-31(5,6)23(2,3)4/h7,9-10,15,19,25H,8,11-14H2,1-6H3,(H,26,29)/t19-/m0/s1. The first kappa shape index (κ1) is 24.2. The average molecular weight is 508 g/mol. The zero-order valence-electron chi connectivity index (χ0n) is 19.5. The van der Waals surface area contributed by atoms with Gasteiger partial charge in [-0.25, -0.2) is 0 Å². The topological polar surface area (TPSA) is 68.2 Å². The van der Waals surface area contributed by atoms with E-state index in [1.54, 1.807) is 0 Å². The second kappa shape index (κ2) is 9.56. The molecule has 1 aliphatic rings. The van der Waals surface area contributed by atoms with Crippen LogP contribution in [0, 0.1) is 6.92 Å². The summed E-state index contributed by atoms with van der Waals surface area (Å²) in [5, 5.41) is 11.4. The molecule has 1 amide bonds. The van der Waals surface area contributed by atoms with Gasteiger partial charge in [-0.2, -0.15) is 5.10 Å². The summed E-state index contributed by atoms with van der Waals surface area (Å²) in [7, 11) is -1.73. The van der Waals surface area contributed by atoms with E-state index in [0.717, 1.165) is 47.3 Å². The van der Waals surface area contributed by atoms with Gasteiger partial charge in [0.1, 0.15) is 0 Å². The number of anilines is 1. The van der Waals surface area contributed by atoms with Crippen LogP contribution in [0.25, 0.3) is 0 Å². The highest BCUT2D eigenvalue weighted by Crippen LogP contribution is 2.36. The highest BCUT2D eigenvalue weighted by atomic mass is 79.9. The lowest BCUT2D eigenvalue weighted by Crippen LogP contribution is -2.42. The van der Waals surface area contributed by atoms with Crippen LogP contribution in [0.3, 0.4) is 0 Å². The van der Waals surface area contributed by atoms with Gasteiger partial charge in [-0.1, -0.05) is 42.8 Å². The third kappa shape index (κ3) is 5.66. The molecule has 0 fully saturated rings. The number of amides is 1. The number of hydrogen-bond acceptors (Lipinski definition) is 4. The van der Waals surface area contributed by atoms with E-state index in [-0.39, 0.29) is 17.0 Å². The quantitative estimate of drug-likeness (QED) is 0.375. The summed E-state index contributed by atoms with van der Waals surface area (Å²) < 4.78 is 9.23. The van der Waals surface area contributed by atoms with Crippen molar-refractivity contribution in [2.24, 2.45) is 0 Å². The molecule has 2 heterocycles. The lowest BCUT2D eigenvalue weighted by molar-refractivity contribution is 0.102. The molecule has 0 saturated heterocycles. The molecular weight excluding hydrogens is 472 g/mol. The highest BCUT2D eigenvalue weighted by molar-refractivity contribution is 9.10. The fourth-order valence-corrected chi connectivity index (χ4v) is 4.90. The minimum Gasteiger partial charge on any atom is -0.416 e. The summed E-state index contributed by atoms with van der Waals surface area (Å²) in [6.45, 7) is 15.7. The lowest BCUT2D eigenvalue weighted by Gasteiger charge is -2.36. The summed E-state index contributed by atoms with van der Waals surface area (Å²) in [6, 6.07) is 7.90. The fourth-order valence-electron chi connectivity index (χ4n) is 3.49. The number of aryl methyl sites for hydroxylation is 1. The average Bonchev–Trinajstić information content (AvgIpc) is 3.13. The molecule has 0 bridgehead atoms. The van der Waals surface area contributed by atoms with Crippen molar-refractivity contribution < 1.29 is 9.22 Å². The summed E-state index contributed by atoms with van der Waals surface area (Å²) in [6.07, 6.45) is 2.08. The van der Waals surface area contributed by atoms with Crippen LogP contribution >= 0.6 is 15.9 Å². The Labute approximate surface area is 195 Å². The molecule has 0 aliphatic carbocycles. The van der Waals surface area contributed by atoms with Crippen LogP contribution in [0.1, 0.15) is 61.4 Å². The van der Waals surface area contributed by atoms with Crippen molar-refractivity contribution in [3.63, 3.8) is 0 Å². The molecule has 8 heteroatoms. The van der Waals surface area contributed by atoms with E-state index < -0.39 is 8.32 Å². The van der Waals surface area contributed by atoms with Crippen LogP contribution in [0.4, 0.5) is 5.69 Å². The summed E-state index contributed by atoms with van der Waals surface area (Å²) in [5.74, 6) is -0.178. The SMILES string of the molecule is Cc1c(Br)cccc1NC(=O)c1cc2n(n1)CCC[C@@H]2NCCO[Si](C)(C)C(C)(C)C. The zero-order valence-corrected chi connectivity index (χ0v) is 22.1. The number of carbonyl (C=O) groups is 1. The van der Waals surface area contributed by atoms with Gasteiger partial charge >= 0.3 is 0 Å². The number of rotatable bonds is 7. The Bertz CT molecular complexity index is 936. The number of benzene rings is 1. The van der Waals surface area contributed by atoms with Gasteiger partial charge in [0.2, 0.25) is 0 Å². The van der Waals surface area contributed by atoms with Gasteiger partial charge in [0.05, 0.1) is 5.69 Å². The van der Waals surface area contributed by atoms with E-state index in [2.05, 4.69) is 65.5 Å². The summed E-state index contributed by atoms with van der Waals surface area (Å²) in [4.78, 5) is 12.8. The van der Waals surface area contributed by atoms with Gasteiger partial charge in [-0.3, -0.25) is 9.48 Å². The number of fused-ring (bicyclic) bond motifs is 1. The van der Waals surface area contributed by atoms with Crippen molar-refractivity contribution in [1.29, 1.82) is 0 Å². The van der Waals surface area contributed by atoms with Gasteiger partial charge in [0.25, 0.3) is 5.91 Å². The molecule has 1 aromatic carbocycles. The molecular formula is C23H35BrN4O2Si. The van der Waals surface area contributed by atoms with Crippen molar-refractivity contribution in [3.05, 3.63) is 45.7 Å². The van der Waals surface area contributed by atoms with Crippen molar-refractivity contribution in [1.82, 2.24) is 15.1 Å². The van der Waals surface area contributed by atoms with E-state index in [1.165, 1.54) is 0 Å². The van der Waals surface area contributed by atoms with E-state index in [9.17, 15) is 4.79 Å². The predicted molar refractivity (Wildman–Crippen MR) is 132 cm³/mol. The first-order valence-electron chi connectivity index (χ1n) is 11.0. The molecule has 1 atom stereocenters. The lowest BCUT2D eigenvalue weighted by atomic mass is 10.0. The maximum atomic E-state index is 12.8. The molecule has 0 spiro atoms. The number of nitrogens with one attached hydrogen (secondary N) is 2. The third-order valence-corrected chi connectivity index (χ3v) is 11.9. The van der Waals surface area contributed by atoms with E-state index in [4.69, 9.17) is 4.43 Å². The van der Waals surface area contributed by atoms with Gasteiger partial charge in [0.15, 0.2) is 14.0 Å². The Balaban J connectivity index is 1.62. The summed E-state index contributed by atoms with van der Waals surface area (Å²) >= 11 is 3.51. The Morgan fingerprint density at radius 1 is 1.35 bits per heavy atom.